The van der Waals surface area contributed by atoms with Gasteiger partial charge in [-0.3, -0.25) is 4.79 Å². The number of nitrogens with zero attached hydrogens (tertiary/aromatic N) is 2. The van der Waals surface area contributed by atoms with E-state index in [2.05, 4.69) is 30.9 Å². The molecule has 4 heteroatoms. The van der Waals surface area contributed by atoms with E-state index in [1.165, 1.54) is 12.1 Å². The molecule has 1 heterocycles. The van der Waals surface area contributed by atoms with Gasteiger partial charge in [0.25, 0.3) is 5.91 Å². The van der Waals surface area contributed by atoms with E-state index < -0.39 is 0 Å². The molecule has 1 aromatic rings. The van der Waals surface area contributed by atoms with Crippen molar-refractivity contribution in [1.82, 2.24) is 4.90 Å². The quantitative estimate of drug-likeness (QED) is 0.809. The third-order valence-corrected chi connectivity index (χ3v) is 5.11. The van der Waals surface area contributed by atoms with E-state index in [1.54, 1.807) is 0 Å². The van der Waals surface area contributed by atoms with Gasteiger partial charge in [0.15, 0.2) is 0 Å². The molecule has 0 saturated carbocycles. The van der Waals surface area contributed by atoms with Crippen LogP contribution in [-0.2, 0) is 0 Å². The summed E-state index contributed by atoms with van der Waals surface area (Å²) in [5, 5.41) is 9.80. The maximum atomic E-state index is 13.1. The molecule has 1 aromatic carbocycles. The van der Waals surface area contributed by atoms with Crippen molar-refractivity contribution in [1.29, 1.82) is 0 Å². The number of rotatable bonds is 7. The zero-order valence-electron chi connectivity index (χ0n) is 16.1. The van der Waals surface area contributed by atoms with Crippen LogP contribution >= 0.6 is 0 Å². The molecule has 0 spiro atoms. The van der Waals surface area contributed by atoms with Gasteiger partial charge >= 0.3 is 0 Å². The summed E-state index contributed by atoms with van der Waals surface area (Å²) < 4.78 is 0. The Hall–Kier alpha value is -1.55. The number of likely N-dealkylation sites (tertiary alicyclic amines) is 1. The zero-order valence-corrected chi connectivity index (χ0v) is 16.1. The van der Waals surface area contributed by atoms with Gasteiger partial charge in [-0.15, -0.1) is 0 Å². The number of carbonyl (C=O) groups excluding carboxylic acids is 1. The predicted molar refractivity (Wildman–Crippen MR) is 104 cm³/mol. The third-order valence-electron chi connectivity index (χ3n) is 5.11. The van der Waals surface area contributed by atoms with E-state index in [0.29, 0.717) is 6.42 Å². The normalized spacial score (nSPS) is 19.4. The standard InChI is InChI=1S/C21H34N2O2/c1-4-14-22(5-2)19-12-10-18(11-13-19)21(25)23-15-8-6-7-9-20(23)16-17(3)24/h10-13,17,20,24H,4-9,14-16H2,1-3H3. The maximum absolute atomic E-state index is 13.1. The fourth-order valence-electron chi connectivity index (χ4n) is 3.80. The molecule has 1 saturated heterocycles. The Kier molecular flexibility index (Phi) is 7.76. The van der Waals surface area contributed by atoms with E-state index in [4.69, 9.17) is 0 Å². The summed E-state index contributed by atoms with van der Waals surface area (Å²) in [7, 11) is 0. The van der Waals surface area contributed by atoms with Crippen molar-refractivity contribution in [2.45, 2.75) is 71.4 Å². The highest BCUT2D eigenvalue weighted by atomic mass is 16.3. The van der Waals surface area contributed by atoms with Gasteiger partial charge in [0, 0.05) is 36.9 Å². The number of amides is 1. The van der Waals surface area contributed by atoms with Crippen LogP contribution in [0.1, 0.15) is 69.7 Å². The minimum absolute atomic E-state index is 0.109. The first-order valence-electron chi connectivity index (χ1n) is 9.90. The number of hydrogen-bond acceptors (Lipinski definition) is 3. The predicted octanol–water partition coefficient (Wildman–Crippen LogP) is 4.08. The van der Waals surface area contributed by atoms with Crippen LogP contribution in [0.2, 0.25) is 0 Å². The van der Waals surface area contributed by atoms with Gasteiger partial charge in [0.05, 0.1) is 6.10 Å². The first-order chi connectivity index (χ1) is 12.1. The van der Waals surface area contributed by atoms with Gasteiger partial charge in [-0.2, -0.15) is 0 Å². The Bertz CT molecular complexity index is 527. The first kappa shape index (κ1) is 19.8. The fraction of sp³-hybridized carbons (Fsp3) is 0.667. The molecule has 1 amide bonds. The zero-order chi connectivity index (χ0) is 18.2. The van der Waals surface area contributed by atoms with Crippen LogP contribution in [0.4, 0.5) is 5.69 Å². The van der Waals surface area contributed by atoms with Gasteiger partial charge in [-0.05, 0) is 63.8 Å². The molecule has 0 aliphatic carbocycles. The molecule has 1 aliphatic heterocycles. The molecule has 4 nitrogen and oxygen atoms in total. The molecule has 140 valence electrons. The van der Waals surface area contributed by atoms with Crippen molar-refractivity contribution in [3.63, 3.8) is 0 Å². The van der Waals surface area contributed by atoms with Gasteiger partial charge in [0.2, 0.25) is 0 Å². The van der Waals surface area contributed by atoms with Crippen LogP contribution in [0.25, 0.3) is 0 Å². The van der Waals surface area contributed by atoms with Gasteiger partial charge in [-0.25, -0.2) is 0 Å². The van der Waals surface area contributed by atoms with Crippen molar-refractivity contribution in [2.75, 3.05) is 24.5 Å². The molecule has 2 rings (SSSR count). The van der Waals surface area contributed by atoms with Crippen molar-refractivity contribution >= 4 is 11.6 Å². The largest absolute Gasteiger partial charge is 0.393 e. The molecule has 1 fully saturated rings. The summed E-state index contributed by atoms with van der Waals surface area (Å²) in [6.45, 7) is 8.97. The Balaban J connectivity index is 2.14. The number of aliphatic hydroxyl groups excluding tert-OH is 1. The maximum Gasteiger partial charge on any atom is 0.254 e. The van der Waals surface area contributed by atoms with E-state index >= 15 is 0 Å². The molecule has 2 unspecified atom stereocenters. The number of aliphatic hydroxyl groups is 1. The Labute approximate surface area is 152 Å². The minimum atomic E-state index is -0.368. The third kappa shape index (κ3) is 5.46. The van der Waals surface area contributed by atoms with Crippen molar-refractivity contribution < 1.29 is 9.90 Å². The van der Waals surface area contributed by atoms with Gasteiger partial charge < -0.3 is 14.9 Å². The fourth-order valence-corrected chi connectivity index (χ4v) is 3.80. The molecular weight excluding hydrogens is 312 g/mol. The summed E-state index contributed by atoms with van der Waals surface area (Å²) in [6.07, 6.45) is 5.78. The minimum Gasteiger partial charge on any atom is -0.393 e. The van der Waals surface area contributed by atoms with E-state index in [0.717, 1.165) is 50.9 Å². The average molecular weight is 347 g/mol. The van der Waals surface area contributed by atoms with Crippen LogP contribution in [-0.4, -0.2) is 47.7 Å². The summed E-state index contributed by atoms with van der Waals surface area (Å²) in [5.41, 5.74) is 1.94. The van der Waals surface area contributed by atoms with E-state index in [9.17, 15) is 9.90 Å². The van der Waals surface area contributed by atoms with Crippen LogP contribution in [0.5, 0.6) is 0 Å². The number of hydrogen-bond donors (Lipinski definition) is 1. The topological polar surface area (TPSA) is 43.8 Å². The first-order valence-corrected chi connectivity index (χ1v) is 9.90. The average Bonchev–Trinajstić information content (AvgIpc) is 2.84. The Morgan fingerprint density at radius 3 is 2.56 bits per heavy atom. The van der Waals surface area contributed by atoms with Crippen LogP contribution in [0, 0.1) is 0 Å². The van der Waals surface area contributed by atoms with Crippen molar-refractivity contribution in [2.24, 2.45) is 0 Å². The second-order valence-electron chi connectivity index (χ2n) is 7.21. The van der Waals surface area contributed by atoms with Crippen LogP contribution < -0.4 is 4.90 Å². The molecule has 0 radical (unpaired) electrons. The highest BCUT2D eigenvalue weighted by Gasteiger charge is 2.27. The smallest absolute Gasteiger partial charge is 0.254 e. The lowest BCUT2D eigenvalue weighted by Crippen LogP contribution is -2.41. The lowest BCUT2D eigenvalue weighted by Gasteiger charge is -2.31. The number of benzene rings is 1. The van der Waals surface area contributed by atoms with Crippen LogP contribution in [0.3, 0.4) is 0 Å². The lowest BCUT2D eigenvalue weighted by atomic mass is 10.0. The molecule has 25 heavy (non-hydrogen) atoms. The lowest BCUT2D eigenvalue weighted by molar-refractivity contribution is 0.0607. The molecule has 0 aromatic heterocycles. The second-order valence-corrected chi connectivity index (χ2v) is 7.21. The molecule has 1 aliphatic rings. The summed E-state index contributed by atoms with van der Waals surface area (Å²) in [4.78, 5) is 17.4. The summed E-state index contributed by atoms with van der Waals surface area (Å²) >= 11 is 0. The monoisotopic (exact) mass is 346 g/mol. The van der Waals surface area contributed by atoms with Crippen molar-refractivity contribution in [3.8, 4) is 0 Å². The van der Waals surface area contributed by atoms with Gasteiger partial charge in [0.1, 0.15) is 0 Å². The van der Waals surface area contributed by atoms with Crippen LogP contribution in [0.15, 0.2) is 24.3 Å². The molecule has 1 N–H and O–H groups in total. The Morgan fingerprint density at radius 1 is 1.24 bits per heavy atom. The number of anilines is 1. The van der Waals surface area contributed by atoms with Crippen molar-refractivity contribution in [3.05, 3.63) is 29.8 Å². The van der Waals surface area contributed by atoms with Gasteiger partial charge in [-0.1, -0.05) is 19.8 Å². The second kappa shape index (κ2) is 9.81. The summed E-state index contributed by atoms with van der Waals surface area (Å²) in [6, 6.07) is 8.20. The molecule has 0 bridgehead atoms. The van der Waals surface area contributed by atoms with E-state index in [-0.39, 0.29) is 18.1 Å². The highest BCUT2D eigenvalue weighted by Crippen LogP contribution is 2.24. The van der Waals surface area contributed by atoms with E-state index in [1.807, 2.05) is 24.0 Å². The SMILES string of the molecule is CCCN(CC)c1ccc(C(=O)N2CCCCCC2CC(C)O)cc1. The Morgan fingerprint density at radius 2 is 1.96 bits per heavy atom. The summed E-state index contributed by atoms with van der Waals surface area (Å²) in [5.74, 6) is 0.109. The highest BCUT2D eigenvalue weighted by molar-refractivity contribution is 5.94. The molecular formula is C21H34N2O2. The number of carbonyl (C=O) groups is 1. The molecule has 2 atom stereocenters.